The van der Waals surface area contributed by atoms with Crippen LogP contribution in [0, 0.1) is 11.2 Å². The molecule has 0 saturated carbocycles. The molecule has 150 valence electrons. The number of hydrogen-bond acceptors (Lipinski definition) is 3. The number of pyridine rings is 1. The first-order chi connectivity index (χ1) is 14.0. The van der Waals surface area contributed by atoms with Crippen LogP contribution in [-0.2, 0) is 6.54 Å². The first kappa shape index (κ1) is 21.7. The van der Waals surface area contributed by atoms with Gasteiger partial charge in [-0.05, 0) is 54.7 Å². The number of hydrogen-bond donors (Lipinski definition) is 0. The van der Waals surface area contributed by atoms with Gasteiger partial charge in [-0.3, -0.25) is 4.98 Å². The van der Waals surface area contributed by atoms with Crippen molar-refractivity contribution in [3.63, 3.8) is 0 Å². The van der Waals surface area contributed by atoms with Crippen LogP contribution in [-0.4, -0.2) is 22.8 Å². The lowest BCUT2D eigenvalue weighted by atomic mass is 9.43. The Morgan fingerprint density at radius 2 is 2.10 bits per heavy atom. The van der Waals surface area contributed by atoms with E-state index in [4.69, 9.17) is 11.6 Å². The predicted octanol–water partition coefficient (Wildman–Crippen LogP) is 6.50. The highest BCUT2D eigenvalue weighted by Gasteiger charge is 2.28. The summed E-state index contributed by atoms with van der Waals surface area (Å²) in [6.07, 6.45) is 6.86. The summed E-state index contributed by atoms with van der Waals surface area (Å²) in [6.45, 7) is 7.08. The Hall–Kier alpha value is -2.03. The summed E-state index contributed by atoms with van der Waals surface area (Å²) in [6, 6.07) is 12.1. The first-order valence-electron chi connectivity index (χ1n) is 10.1. The second-order valence-electron chi connectivity index (χ2n) is 7.52. The fraction of sp³-hybridized carbons (Fsp3) is 0.348. The molecule has 29 heavy (non-hydrogen) atoms. The third-order valence-electron chi connectivity index (χ3n) is 5.59. The zero-order valence-electron chi connectivity index (χ0n) is 17.0. The Kier molecular flexibility index (Phi) is 7.58. The largest absolute Gasteiger partial charge is 0.316 e. The van der Waals surface area contributed by atoms with Crippen molar-refractivity contribution in [2.75, 3.05) is 4.31 Å². The molecule has 0 radical (unpaired) electrons. The third-order valence-corrected chi connectivity index (χ3v) is 7.97. The summed E-state index contributed by atoms with van der Waals surface area (Å²) in [4.78, 5) is 4.69. The number of rotatable bonds is 7. The highest BCUT2D eigenvalue weighted by Crippen LogP contribution is 2.39. The molecular formula is C23H27BClN3S. The fourth-order valence-electron chi connectivity index (χ4n) is 3.66. The summed E-state index contributed by atoms with van der Waals surface area (Å²) < 4.78 is 2.33. The van der Waals surface area contributed by atoms with Gasteiger partial charge in [0.2, 0.25) is 0 Å². The van der Waals surface area contributed by atoms with E-state index in [0.717, 1.165) is 59.4 Å². The molecule has 0 aliphatic carbocycles. The van der Waals surface area contributed by atoms with Crippen molar-refractivity contribution in [2.24, 2.45) is 0 Å². The lowest BCUT2D eigenvalue weighted by Gasteiger charge is -2.35. The van der Waals surface area contributed by atoms with E-state index in [1.807, 2.05) is 24.4 Å². The quantitative estimate of drug-likeness (QED) is 0.377. The normalized spacial score (nSPS) is 15.6. The summed E-state index contributed by atoms with van der Waals surface area (Å²) in [5.74, 6) is 6.99. The molecule has 0 amide bonds. The van der Waals surface area contributed by atoms with E-state index in [1.165, 1.54) is 0 Å². The molecule has 1 aromatic carbocycles. The van der Waals surface area contributed by atoms with Crippen molar-refractivity contribution in [3.05, 3.63) is 65.5 Å². The van der Waals surface area contributed by atoms with E-state index in [2.05, 4.69) is 52.8 Å². The molecule has 1 aliphatic rings. The second kappa shape index (κ2) is 10.1. The molecular weight excluding hydrogens is 397 g/mol. The summed E-state index contributed by atoms with van der Waals surface area (Å²) in [5, 5.41) is 10.4. The maximum Gasteiger partial charge on any atom is 0.267 e. The monoisotopic (exact) mass is 423 g/mol. The molecule has 1 fully saturated rings. The van der Waals surface area contributed by atoms with Crippen LogP contribution in [0.4, 0.5) is 5.69 Å². The average molecular weight is 424 g/mol. The molecule has 6 heteroatoms. The highest BCUT2D eigenvalue weighted by atomic mass is 35.5. The van der Waals surface area contributed by atoms with E-state index >= 15 is 0 Å². The Balaban J connectivity index is 1.83. The van der Waals surface area contributed by atoms with Crippen molar-refractivity contribution >= 4 is 46.1 Å². The lowest BCUT2D eigenvalue weighted by molar-refractivity contribution is 0.743. The minimum Gasteiger partial charge on any atom is -0.316 e. The molecule has 1 saturated heterocycles. The van der Waals surface area contributed by atoms with Crippen LogP contribution in [0.2, 0.25) is 17.7 Å². The Morgan fingerprint density at radius 3 is 2.69 bits per heavy atom. The maximum atomic E-state index is 9.20. The average Bonchev–Trinajstić information content (AvgIpc) is 2.77. The summed E-state index contributed by atoms with van der Waals surface area (Å²) in [5.41, 5.74) is 4.27. The number of allylic oxidation sites excluding steroid dienone is 1. The van der Waals surface area contributed by atoms with Gasteiger partial charge in [0.05, 0.1) is 12.2 Å². The molecule has 1 aromatic heterocycles. The molecule has 1 unspecified atom stereocenters. The van der Waals surface area contributed by atoms with Gasteiger partial charge in [0, 0.05) is 28.1 Å². The minimum atomic E-state index is -0.229. The van der Waals surface area contributed by atoms with Crippen LogP contribution in [0.3, 0.4) is 0 Å². The zero-order chi connectivity index (χ0) is 20.8. The fourth-order valence-corrected chi connectivity index (χ4v) is 5.71. The van der Waals surface area contributed by atoms with Crippen molar-refractivity contribution in [1.82, 2.24) is 4.98 Å². The van der Waals surface area contributed by atoms with E-state index in [0.29, 0.717) is 11.8 Å². The lowest BCUT2D eigenvalue weighted by Crippen LogP contribution is -2.28. The van der Waals surface area contributed by atoms with Gasteiger partial charge in [-0.15, -0.1) is 0 Å². The number of anilines is 1. The Bertz CT molecular complexity index is 914. The van der Waals surface area contributed by atoms with Crippen molar-refractivity contribution in [2.45, 2.75) is 50.6 Å². The molecule has 0 N–H and O–H groups in total. The molecule has 3 rings (SSSR count). The van der Waals surface area contributed by atoms with Gasteiger partial charge in [-0.2, -0.15) is 0 Å². The number of aromatic nitrogens is 1. The molecule has 2 heterocycles. The summed E-state index contributed by atoms with van der Waals surface area (Å²) >= 11 is 6.29. The Labute approximate surface area is 182 Å². The van der Waals surface area contributed by atoms with E-state index in [1.54, 1.807) is 0 Å². The van der Waals surface area contributed by atoms with Crippen LogP contribution in [0.5, 0.6) is 0 Å². The van der Waals surface area contributed by atoms with Crippen LogP contribution < -0.4 is 4.31 Å². The zero-order valence-corrected chi connectivity index (χ0v) is 18.6. The van der Waals surface area contributed by atoms with Gasteiger partial charge in [0.25, 0.3) is 6.71 Å². The minimum absolute atomic E-state index is 0.198. The van der Waals surface area contributed by atoms with E-state index < -0.39 is 0 Å². The predicted molar refractivity (Wildman–Crippen MR) is 130 cm³/mol. The van der Waals surface area contributed by atoms with E-state index in [-0.39, 0.29) is 17.4 Å². The van der Waals surface area contributed by atoms with Gasteiger partial charge in [0.15, 0.2) is 0 Å². The SMILES string of the molecule is C=C(CC)c1ccc(CN(c2cccc(Cl)c2)S(=C)C2CCB(C#N)CC2)nc1. The first-order valence-corrected chi connectivity index (χ1v) is 11.9. The number of halogens is 1. The topological polar surface area (TPSA) is 39.9 Å². The molecule has 0 bridgehead atoms. The van der Waals surface area contributed by atoms with Crippen molar-refractivity contribution < 1.29 is 0 Å². The van der Waals surface area contributed by atoms with E-state index in [9.17, 15) is 5.26 Å². The summed E-state index contributed by atoms with van der Waals surface area (Å²) in [7, 11) is -0.229. The van der Waals surface area contributed by atoms with Crippen LogP contribution in [0.15, 0.2) is 49.2 Å². The van der Waals surface area contributed by atoms with Gasteiger partial charge >= 0.3 is 0 Å². The van der Waals surface area contributed by atoms with Crippen LogP contribution in [0.1, 0.15) is 37.4 Å². The maximum absolute atomic E-state index is 9.20. The highest BCUT2D eigenvalue weighted by molar-refractivity contribution is 8.15. The van der Waals surface area contributed by atoms with Crippen molar-refractivity contribution in [1.29, 1.82) is 5.26 Å². The van der Waals surface area contributed by atoms with Gasteiger partial charge in [-0.1, -0.05) is 66.4 Å². The van der Waals surface area contributed by atoms with Gasteiger partial charge in [-0.25, -0.2) is 5.26 Å². The smallest absolute Gasteiger partial charge is 0.267 e. The van der Waals surface area contributed by atoms with Gasteiger partial charge in [0.1, 0.15) is 0 Å². The van der Waals surface area contributed by atoms with Crippen molar-refractivity contribution in [3.8, 4) is 5.97 Å². The van der Waals surface area contributed by atoms with Crippen LogP contribution in [0.25, 0.3) is 5.57 Å². The number of benzene rings is 1. The second-order valence-corrected chi connectivity index (χ2v) is 9.86. The van der Waals surface area contributed by atoms with Gasteiger partial charge < -0.3 is 4.31 Å². The molecule has 3 nitrogen and oxygen atoms in total. The molecule has 2 aromatic rings. The molecule has 1 aliphatic heterocycles. The Morgan fingerprint density at radius 1 is 1.34 bits per heavy atom. The molecule has 1 atom stereocenters. The standard InChI is InChI=1S/C23H27BClN3S/c1-4-18(2)19-8-9-21(27-15-19)16-28(22-7-5-6-20(25)14-22)29(3)23-10-12-24(17-26)13-11-23/h5-9,14-15,23H,2-4,10-13,16H2,1H3. The molecule has 0 spiro atoms. The third kappa shape index (κ3) is 5.53. The van der Waals surface area contributed by atoms with Crippen LogP contribution >= 0.6 is 22.3 Å². The number of nitriles is 1. The number of nitrogens with zero attached hydrogens (tertiary/aromatic N) is 3.